The molecule has 0 bridgehead atoms. The number of carbonyl (C=O) groups is 2. The van der Waals surface area contributed by atoms with Crippen LogP contribution >= 0.6 is 22.9 Å². The van der Waals surface area contributed by atoms with Crippen molar-refractivity contribution in [3.05, 3.63) is 39.4 Å². The van der Waals surface area contributed by atoms with E-state index < -0.39 is 6.03 Å². The number of aromatic nitrogens is 1. The molecule has 0 fully saturated rings. The van der Waals surface area contributed by atoms with Crippen molar-refractivity contribution in [1.29, 1.82) is 0 Å². The second-order valence-corrected chi connectivity index (χ2v) is 6.44. The topological polar surface area (TPSA) is 109 Å². The summed E-state index contributed by atoms with van der Waals surface area (Å²) in [5.41, 5.74) is 6.72. The maximum absolute atomic E-state index is 12.4. The second-order valence-electron chi connectivity index (χ2n) is 4.95. The summed E-state index contributed by atoms with van der Waals surface area (Å²) in [6.45, 7) is 1.65. The number of amides is 3. The number of hydrogen-bond donors (Lipinski definition) is 4. The first kappa shape index (κ1) is 15.7. The Kier molecular flexibility index (Phi) is 4.46. The lowest BCUT2D eigenvalue weighted by molar-refractivity contribution is 0.102. The molecule has 3 rings (SSSR count). The SMILES string of the molecule is NC(=O)Nc1ccc(Cl)c(C(=O)Nc2nc3c(s2)CNCC3)c1. The quantitative estimate of drug-likeness (QED) is 0.679. The van der Waals surface area contributed by atoms with E-state index >= 15 is 0 Å². The van der Waals surface area contributed by atoms with E-state index in [-0.39, 0.29) is 16.5 Å². The number of nitrogens with two attached hydrogens (primary N) is 1. The van der Waals surface area contributed by atoms with Gasteiger partial charge in [0, 0.05) is 30.1 Å². The Balaban J connectivity index is 1.79. The second kappa shape index (κ2) is 6.53. The predicted octanol–water partition coefficient (Wildman–Crippen LogP) is 2.19. The van der Waals surface area contributed by atoms with Crippen LogP contribution in [0.4, 0.5) is 15.6 Å². The maximum Gasteiger partial charge on any atom is 0.316 e. The lowest BCUT2D eigenvalue weighted by Crippen LogP contribution is -2.22. The predicted molar refractivity (Wildman–Crippen MR) is 90.1 cm³/mol. The van der Waals surface area contributed by atoms with Crippen LogP contribution in [0.25, 0.3) is 0 Å². The minimum absolute atomic E-state index is 0.240. The molecule has 3 amide bonds. The number of urea groups is 1. The van der Waals surface area contributed by atoms with Gasteiger partial charge < -0.3 is 16.4 Å². The van der Waals surface area contributed by atoms with Gasteiger partial charge in [-0.05, 0) is 18.2 Å². The summed E-state index contributed by atoms with van der Waals surface area (Å²) in [4.78, 5) is 28.9. The average molecular weight is 352 g/mol. The number of hydrogen-bond acceptors (Lipinski definition) is 5. The molecule has 2 aromatic rings. The van der Waals surface area contributed by atoms with E-state index in [1.807, 2.05) is 0 Å². The average Bonchev–Trinajstić information content (AvgIpc) is 2.90. The fourth-order valence-electron chi connectivity index (χ4n) is 2.26. The normalized spacial score (nSPS) is 13.3. The summed E-state index contributed by atoms with van der Waals surface area (Å²) in [5, 5.41) is 9.23. The Bertz CT molecular complexity index is 753. The molecule has 0 atom stereocenters. The standard InChI is InChI=1S/C14H14ClN5O2S/c15-9-2-1-7(18-13(16)22)5-8(9)12(21)20-14-19-10-3-4-17-6-11(10)23-14/h1-2,5,17H,3-4,6H2,(H3,16,18,22)(H,19,20,21). The molecule has 1 aromatic heterocycles. The molecule has 7 nitrogen and oxygen atoms in total. The van der Waals surface area contributed by atoms with Crippen molar-refractivity contribution >= 4 is 45.7 Å². The Morgan fingerprint density at radius 1 is 1.35 bits per heavy atom. The highest BCUT2D eigenvalue weighted by atomic mass is 35.5. The lowest BCUT2D eigenvalue weighted by atomic mass is 10.2. The number of halogens is 1. The van der Waals surface area contributed by atoms with Crippen LogP contribution in [0.5, 0.6) is 0 Å². The van der Waals surface area contributed by atoms with Crippen molar-refractivity contribution in [1.82, 2.24) is 10.3 Å². The van der Waals surface area contributed by atoms with Gasteiger partial charge in [-0.3, -0.25) is 10.1 Å². The number of anilines is 2. The van der Waals surface area contributed by atoms with Gasteiger partial charge in [0.1, 0.15) is 0 Å². The zero-order chi connectivity index (χ0) is 16.4. The maximum atomic E-state index is 12.4. The van der Waals surface area contributed by atoms with Crippen molar-refractivity contribution < 1.29 is 9.59 Å². The fraction of sp³-hybridized carbons (Fsp3) is 0.214. The molecule has 1 aliphatic rings. The third-order valence-corrected chi connectivity index (χ3v) is 4.64. The van der Waals surface area contributed by atoms with E-state index in [9.17, 15) is 9.59 Å². The summed E-state index contributed by atoms with van der Waals surface area (Å²) < 4.78 is 0. The number of thiazole rings is 1. The van der Waals surface area contributed by atoms with Crippen molar-refractivity contribution in [3.63, 3.8) is 0 Å². The molecule has 9 heteroatoms. The van der Waals surface area contributed by atoms with Crippen LogP contribution in [0.3, 0.4) is 0 Å². The van der Waals surface area contributed by atoms with Crippen molar-refractivity contribution in [3.8, 4) is 0 Å². The highest BCUT2D eigenvalue weighted by Crippen LogP contribution is 2.27. The molecule has 2 heterocycles. The molecule has 1 aliphatic heterocycles. The van der Waals surface area contributed by atoms with Gasteiger partial charge in [-0.15, -0.1) is 11.3 Å². The Morgan fingerprint density at radius 2 is 2.17 bits per heavy atom. The largest absolute Gasteiger partial charge is 0.351 e. The molecular formula is C14H14ClN5O2S. The summed E-state index contributed by atoms with van der Waals surface area (Å²) in [6.07, 6.45) is 0.848. The lowest BCUT2D eigenvalue weighted by Gasteiger charge is -2.09. The van der Waals surface area contributed by atoms with E-state index in [1.165, 1.54) is 23.5 Å². The van der Waals surface area contributed by atoms with E-state index in [1.54, 1.807) is 6.07 Å². The molecule has 120 valence electrons. The van der Waals surface area contributed by atoms with Gasteiger partial charge in [-0.25, -0.2) is 9.78 Å². The summed E-state index contributed by atoms with van der Waals surface area (Å²) in [6, 6.07) is 3.85. The third-order valence-electron chi connectivity index (χ3n) is 3.30. The molecular weight excluding hydrogens is 338 g/mol. The van der Waals surface area contributed by atoms with Gasteiger partial charge in [0.05, 0.1) is 16.3 Å². The molecule has 5 N–H and O–H groups in total. The first-order valence-electron chi connectivity index (χ1n) is 6.89. The number of fused-ring (bicyclic) bond motifs is 1. The summed E-state index contributed by atoms with van der Waals surface area (Å²) in [5.74, 6) is -0.387. The van der Waals surface area contributed by atoms with Gasteiger partial charge in [0.25, 0.3) is 5.91 Å². The number of carbonyl (C=O) groups excluding carboxylic acids is 2. The van der Waals surface area contributed by atoms with Crippen LogP contribution in [0, 0.1) is 0 Å². The zero-order valence-electron chi connectivity index (χ0n) is 12.0. The molecule has 0 radical (unpaired) electrons. The van der Waals surface area contributed by atoms with Crippen LogP contribution < -0.4 is 21.7 Å². The molecule has 1 aromatic carbocycles. The number of primary amides is 1. The molecule has 0 saturated heterocycles. The van der Waals surface area contributed by atoms with Crippen LogP contribution in [-0.4, -0.2) is 23.5 Å². The Labute approximate surface area is 141 Å². The van der Waals surface area contributed by atoms with Crippen molar-refractivity contribution in [2.75, 3.05) is 17.2 Å². The Hall–Kier alpha value is -2.16. The molecule has 23 heavy (non-hydrogen) atoms. The van der Waals surface area contributed by atoms with Crippen LogP contribution in [-0.2, 0) is 13.0 Å². The highest BCUT2D eigenvalue weighted by molar-refractivity contribution is 7.15. The number of nitrogens with zero attached hydrogens (tertiary/aromatic N) is 1. The van der Waals surface area contributed by atoms with Crippen LogP contribution in [0.2, 0.25) is 5.02 Å². The monoisotopic (exact) mass is 351 g/mol. The summed E-state index contributed by atoms with van der Waals surface area (Å²) >= 11 is 7.50. The van der Waals surface area contributed by atoms with Gasteiger partial charge >= 0.3 is 6.03 Å². The highest BCUT2D eigenvalue weighted by Gasteiger charge is 2.18. The zero-order valence-corrected chi connectivity index (χ0v) is 13.6. The molecule has 0 aliphatic carbocycles. The van der Waals surface area contributed by atoms with Gasteiger partial charge in [-0.1, -0.05) is 11.6 Å². The summed E-state index contributed by atoms with van der Waals surface area (Å²) in [7, 11) is 0. The molecule has 0 saturated carbocycles. The number of benzene rings is 1. The van der Waals surface area contributed by atoms with Gasteiger partial charge in [0.15, 0.2) is 5.13 Å². The van der Waals surface area contributed by atoms with E-state index in [4.69, 9.17) is 17.3 Å². The van der Waals surface area contributed by atoms with Crippen molar-refractivity contribution in [2.24, 2.45) is 5.73 Å². The van der Waals surface area contributed by atoms with E-state index in [2.05, 4.69) is 20.9 Å². The van der Waals surface area contributed by atoms with E-state index in [0.717, 1.165) is 30.1 Å². The van der Waals surface area contributed by atoms with E-state index in [0.29, 0.717) is 10.8 Å². The van der Waals surface area contributed by atoms with Gasteiger partial charge in [-0.2, -0.15) is 0 Å². The fourth-order valence-corrected chi connectivity index (χ4v) is 3.44. The van der Waals surface area contributed by atoms with Crippen molar-refractivity contribution in [2.45, 2.75) is 13.0 Å². The minimum Gasteiger partial charge on any atom is -0.351 e. The first-order chi connectivity index (χ1) is 11.0. The molecule has 0 unspecified atom stereocenters. The smallest absolute Gasteiger partial charge is 0.316 e. The first-order valence-corrected chi connectivity index (χ1v) is 8.09. The van der Waals surface area contributed by atoms with Crippen LogP contribution in [0.1, 0.15) is 20.9 Å². The number of nitrogens with one attached hydrogen (secondary N) is 3. The number of rotatable bonds is 3. The van der Waals surface area contributed by atoms with Crippen LogP contribution in [0.15, 0.2) is 18.2 Å². The Morgan fingerprint density at radius 3 is 2.91 bits per heavy atom. The van der Waals surface area contributed by atoms with Gasteiger partial charge in [0.2, 0.25) is 0 Å². The minimum atomic E-state index is -0.709. The molecule has 0 spiro atoms. The third kappa shape index (κ3) is 3.61.